The molecule has 2 aliphatic rings. The van der Waals surface area contributed by atoms with E-state index in [2.05, 4.69) is 46.0 Å². The first-order valence-electron chi connectivity index (χ1n) is 7.82. The molecule has 2 nitrogen and oxygen atoms in total. The van der Waals surface area contributed by atoms with Gasteiger partial charge in [-0.3, -0.25) is 4.90 Å². The fraction of sp³-hybridized carbons (Fsp3) is 0.647. The molecule has 1 fully saturated rings. The van der Waals surface area contributed by atoms with Crippen LogP contribution in [0.3, 0.4) is 0 Å². The van der Waals surface area contributed by atoms with Gasteiger partial charge in [0.1, 0.15) is 11.9 Å². The van der Waals surface area contributed by atoms with E-state index in [1.54, 1.807) is 0 Å². The van der Waals surface area contributed by atoms with Crippen LogP contribution in [-0.2, 0) is 6.42 Å². The van der Waals surface area contributed by atoms with Crippen LogP contribution in [0, 0.1) is 6.92 Å². The van der Waals surface area contributed by atoms with Gasteiger partial charge in [-0.2, -0.15) is 0 Å². The second-order valence-electron chi connectivity index (χ2n) is 6.18. The quantitative estimate of drug-likeness (QED) is 0.754. The summed E-state index contributed by atoms with van der Waals surface area (Å²) in [6.07, 6.45) is 6.94. The van der Waals surface area contributed by atoms with E-state index >= 15 is 0 Å². The summed E-state index contributed by atoms with van der Waals surface area (Å²) >= 11 is 3.60. The van der Waals surface area contributed by atoms with Crippen LogP contribution in [-0.4, -0.2) is 35.5 Å². The SMILES string of the molecule is Cc1ccc2c(c1)CC(CN(CCBr)C1CCCC1)O2. The fourth-order valence-corrected chi connectivity index (χ4v) is 4.07. The maximum absolute atomic E-state index is 6.14. The Bertz CT molecular complexity index is 456. The molecule has 0 saturated heterocycles. The first-order chi connectivity index (χ1) is 9.76. The van der Waals surface area contributed by atoms with Gasteiger partial charge in [-0.05, 0) is 31.4 Å². The summed E-state index contributed by atoms with van der Waals surface area (Å²) in [6.45, 7) is 4.37. The molecule has 1 atom stereocenters. The summed E-state index contributed by atoms with van der Waals surface area (Å²) in [5.74, 6) is 1.10. The highest BCUT2D eigenvalue weighted by atomic mass is 79.9. The number of alkyl halides is 1. The fourth-order valence-electron chi connectivity index (χ4n) is 3.61. The molecule has 3 rings (SSSR count). The second kappa shape index (κ2) is 6.48. The third kappa shape index (κ3) is 3.20. The van der Waals surface area contributed by atoms with Gasteiger partial charge in [-0.15, -0.1) is 0 Å². The number of rotatable bonds is 5. The van der Waals surface area contributed by atoms with Crippen LogP contribution in [0.25, 0.3) is 0 Å². The number of nitrogens with zero attached hydrogens (tertiary/aromatic N) is 1. The molecule has 0 bridgehead atoms. The van der Waals surface area contributed by atoms with Crippen molar-refractivity contribution >= 4 is 15.9 Å². The molecule has 1 saturated carbocycles. The van der Waals surface area contributed by atoms with Crippen LogP contribution in [0.15, 0.2) is 18.2 Å². The lowest BCUT2D eigenvalue weighted by molar-refractivity contribution is 0.123. The Morgan fingerprint density at radius 3 is 2.85 bits per heavy atom. The molecule has 1 aromatic carbocycles. The molecular weight excluding hydrogens is 314 g/mol. The Labute approximate surface area is 130 Å². The van der Waals surface area contributed by atoms with Crippen molar-refractivity contribution in [2.45, 2.75) is 51.2 Å². The van der Waals surface area contributed by atoms with E-state index in [0.29, 0.717) is 6.10 Å². The average molecular weight is 338 g/mol. The van der Waals surface area contributed by atoms with Crippen LogP contribution >= 0.6 is 15.9 Å². The minimum absolute atomic E-state index is 0.339. The number of benzene rings is 1. The van der Waals surface area contributed by atoms with Crippen molar-refractivity contribution < 1.29 is 4.74 Å². The first kappa shape index (κ1) is 14.4. The molecule has 1 aromatic rings. The molecule has 1 aliphatic carbocycles. The Kier molecular flexibility index (Phi) is 4.67. The molecule has 0 amide bonds. The van der Waals surface area contributed by atoms with Gasteiger partial charge in [0.25, 0.3) is 0 Å². The second-order valence-corrected chi connectivity index (χ2v) is 6.97. The molecule has 3 heteroatoms. The summed E-state index contributed by atoms with van der Waals surface area (Å²) in [7, 11) is 0. The van der Waals surface area contributed by atoms with Gasteiger partial charge >= 0.3 is 0 Å². The van der Waals surface area contributed by atoms with Gasteiger partial charge in [-0.25, -0.2) is 0 Å². The zero-order valence-corrected chi connectivity index (χ0v) is 13.9. The summed E-state index contributed by atoms with van der Waals surface area (Å²) in [4.78, 5) is 2.64. The molecule has 0 spiro atoms. The third-order valence-corrected chi connectivity index (χ3v) is 4.96. The number of ether oxygens (including phenoxy) is 1. The van der Waals surface area contributed by atoms with Crippen molar-refractivity contribution in [2.24, 2.45) is 0 Å². The van der Waals surface area contributed by atoms with Crippen molar-refractivity contribution in [1.82, 2.24) is 4.90 Å². The van der Waals surface area contributed by atoms with Gasteiger partial charge in [0.05, 0.1) is 0 Å². The number of fused-ring (bicyclic) bond motifs is 1. The molecule has 20 heavy (non-hydrogen) atoms. The van der Waals surface area contributed by atoms with Crippen molar-refractivity contribution in [3.63, 3.8) is 0 Å². The predicted molar refractivity (Wildman–Crippen MR) is 86.9 cm³/mol. The van der Waals surface area contributed by atoms with Crippen LogP contribution in [0.1, 0.15) is 36.8 Å². The first-order valence-corrected chi connectivity index (χ1v) is 8.94. The normalized spacial score (nSPS) is 22.2. The van der Waals surface area contributed by atoms with Crippen LogP contribution < -0.4 is 4.74 Å². The molecule has 110 valence electrons. The van der Waals surface area contributed by atoms with Gasteiger partial charge < -0.3 is 4.74 Å². The zero-order valence-electron chi connectivity index (χ0n) is 12.3. The summed E-state index contributed by atoms with van der Waals surface area (Å²) in [6, 6.07) is 7.34. The highest BCUT2D eigenvalue weighted by molar-refractivity contribution is 9.09. The smallest absolute Gasteiger partial charge is 0.123 e. The van der Waals surface area contributed by atoms with Crippen LogP contribution in [0.4, 0.5) is 0 Å². The monoisotopic (exact) mass is 337 g/mol. The Balaban J connectivity index is 1.62. The lowest BCUT2D eigenvalue weighted by atomic mass is 10.1. The molecule has 0 aromatic heterocycles. The summed E-state index contributed by atoms with van der Waals surface area (Å²) in [5.41, 5.74) is 2.72. The zero-order chi connectivity index (χ0) is 13.9. The van der Waals surface area contributed by atoms with Crippen molar-refractivity contribution in [3.8, 4) is 5.75 Å². The van der Waals surface area contributed by atoms with Gasteiger partial charge in [0.2, 0.25) is 0 Å². The number of aryl methyl sites for hydroxylation is 1. The van der Waals surface area contributed by atoms with Gasteiger partial charge in [-0.1, -0.05) is 46.5 Å². The maximum Gasteiger partial charge on any atom is 0.123 e. The van der Waals surface area contributed by atoms with Gasteiger partial charge in [0, 0.05) is 30.9 Å². The maximum atomic E-state index is 6.14. The molecular formula is C17H24BrNO. The van der Waals surface area contributed by atoms with Crippen molar-refractivity contribution in [3.05, 3.63) is 29.3 Å². The van der Waals surface area contributed by atoms with Crippen LogP contribution in [0.5, 0.6) is 5.75 Å². The van der Waals surface area contributed by atoms with E-state index in [-0.39, 0.29) is 0 Å². The minimum atomic E-state index is 0.339. The predicted octanol–water partition coefficient (Wildman–Crippen LogP) is 3.94. The number of halogens is 1. The average Bonchev–Trinajstić information content (AvgIpc) is 3.06. The van der Waals surface area contributed by atoms with E-state index in [1.807, 2.05) is 0 Å². The van der Waals surface area contributed by atoms with E-state index in [0.717, 1.165) is 36.6 Å². The van der Waals surface area contributed by atoms with Crippen LogP contribution in [0.2, 0.25) is 0 Å². The van der Waals surface area contributed by atoms with E-state index in [4.69, 9.17) is 4.74 Å². The third-order valence-electron chi connectivity index (χ3n) is 4.61. The highest BCUT2D eigenvalue weighted by Crippen LogP contribution is 2.31. The Hall–Kier alpha value is -0.540. The Morgan fingerprint density at radius 2 is 2.10 bits per heavy atom. The molecule has 1 aliphatic heterocycles. The topological polar surface area (TPSA) is 12.5 Å². The summed E-state index contributed by atoms with van der Waals surface area (Å²) < 4.78 is 6.14. The minimum Gasteiger partial charge on any atom is -0.488 e. The van der Waals surface area contributed by atoms with E-state index in [9.17, 15) is 0 Å². The summed E-state index contributed by atoms with van der Waals surface area (Å²) in [5, 5.41) is 1.06. The molecule has 1 heterocycles. The van der Waals surface area contributed by atoms with E-state index < -0.39 is 0 Å². The lowest BCUT2D eigenvalue weighted by Gasteiger charge is -2.30. The molecule has 1 unspecified atom stereocenters. The molecule has 0 radical (unpaired) electrons. The largest absolute Gasteiger partial charge is 0.488 e. The van der Waals surface area contributed by atoms with Crippen molar-refractivity contribution in [2.75, 3.05) is 18.4 Å². The standard InChI is InChI=1S/C17H24BrNO/c1-13-6-7-17-14(10-13)11-16(20-17)12-19(9-8-18)15-4-2-3-5-15/h6-7,10,15-16H,2-5,8-9,11-12H2,1H3. The highest BCUT2D eigenvalue weighted by Gasteiger charge is 2.29. The number of hydrogen-bond acceptors (Lipinski definition) is 2. The van der Waals surface area contributed by atoms with Gasteiger partial charge in [0.15, 0.2) is 0 Å². The lowest BCUT2D eigenvalue weighted by Crippen LogP contribution is -2.41. The Morgan fingerprint density at radius 1 is 1.30 bits per heavy atom. The molecule has 0 N–H and O–H groups in total. The van der Waals surface area contributed by atoms with E-state index in [1.165, 1.54) is 36.8 Å². The van der Waals surface area contributed by atoms with Crippen molar-refractivity contribution in [1.29, 1.82) is 0 Å². The number of hydrogen-bond donors (Lipinski definition) is 0.